The van der Waals surface area contributed by atoms with Crippen molar-refractivity contribution < 1.29 is 4.79 Å². The molecule has 1 aromatic rings. The number of halogens is 3. The maximum atomic E-state index is 12.1. The molecule has 1 unspecified atom stereocenters. The van der Waals surface area contributed by atoms with E-state index in [0.717, 1.165) is 78.2 Å². The summed E-state index contributed by atoms with van der Waals surface area (Å²) in [6.45, 7) is 9.38. The Balaban J connectivity index is 0.00000243. The number of nitrogens with zero attached hydrogens (tertiary/aromatic N) is 2. The van der Waals surface area contributed by atoms with E-state index in [4.69, 9.17) is 0 Å². The van der Waals surface area contributed by atoms with Crippen LogP contribution in [0.15, 0.2) is 30.3 Å². The lowest BCUT2D eigenvalue weighted by Crippen LogP contribution is -2.46. The van der Waals surface area contributed by atoms with Gasteiger partial charge >= 0.3 is 0 Å². The second kappa shape index (κ2) is 15.3. The molecule has 1 aromatic carbocycles. The van der Waals surface area contributed by atoms with Crippen LogP contribution in [0.3, 0.4) is 0 Å². The largest absolute Gasteiger partial charge is 0.356 e. The molecular weight excluding hydrogens is 419 g/mol. The lowest BCUT2D eigenvalue weighted by atomic mass is 9.99. The number of carbonyl (C=O) groups is 1. The van der Waals surface area contributed by atoms with Crippen LogP contribution in [0.4, 0.5) is 0 Å². The number of benzene rings is 1. The van der Waals surface area contributed by atoms with Gasteiger partial charge in [0.15, 0.2) is 0 Å². The van der Waals surface area contributed by atoms with Crippen molar-refractivity contribution in [1.29, 1.82) is 0 Å². The summed E-state index contributed by atoms with van der Waals surface area (Å²) in [5.41, 5.74) is 1.40. The summed E-state index contributed by atoms with van der Waals surface area (Å²) in [6.07, 6.45) is 3.19. The van der Waals surface area contributed by atoms with Crippen molar-refractivity contribution in [2.45, 2.75) is 25.8 Å². The second-order valence-corrected chi connectivity index (χ2v) is 7.29. The minimum absolute atomic E-state index is 0. The van der Waals surface area contributed by atoms with E-state index in [9.17, 15) is 4.79 Å². The number of amides is 1. The Labute approximate surface area is 188 Å². The van der Waals surface area contributed by atoms with Crippen molar-refractivity contribution >= 4 is 43.1 Å². The van der Waals surface area contributed by atoms with Crippen molar-refractivity contribution in [2.75, 3.05) is 52.4 Å². The summed E-state index contributed by atoms with van der Waals surface area (Å²) >= 11 is 0. The molecule has 5 nitrogen and oxygen atoms in total. The Morgan fingerprint density at radius 3 is 2.36 bits per heavy atom. The molecule has 2 saturated heterocycles. The Morgan fingerprint density at radius 2 is 1.71 bits per heavy atom. The zero-order valence-electron chi connectivity index (χ0n) is 16.5. The van der Waals surface area contributed by atoms with E-state index >= 15 is 0 Å². The van der Waals surface area contributed by atoms with Crippen molar-refractivity contribution in [1.82, 2.24) is 20.4 Å². The van der Waals surface area contributed by atoms with Crippen molar-refractivity contribution in [2.24, 2.45) is 5.92 Å². The summed E-state index contributed by atoms with van der Waals surface area (Å²) in [6, 6.07) is 10.7. The molecule has 1 atom stereocenters. The average molecular weight is 454 g/mol. The molecule has 2 aliphatic rings. The third-order valence-corrected chi connectivity index (χ3v) is 5.33. The third kappa shape index (κ3) is 9.29. The topological polar surface area (TPSA) is 47.6 Å². The molecule has 2 N–H and O–H groups in total. The van der Waals surface area contributed by atoms with E-state index in [1.807, 2.05) is 0 Å². The molecule has 2 fully saturated rings. The first kappa shape index (κ1) is 27.4. The van der Waals surface area contributed by atoms with Crippen LogP contribution in [0, 0.1) is 5.92 Å². The van der Waals surface area contributed by atoms with Crippen molar-refractivity contribution in [3.8, 4) is 0 Å². The minimum Gasteiger partial charge on any atom is -0.356 e. The Bertz CT molecular complexity index is 521. The zero-order chi connectivity index (χ0) is 17.3. The van der Waals surface area contributed by atoms with Gasteiger partial charge in [-0.25, -0.2) is 0 Å². The van der Waals surface area contributed by atoms with Crippen LogP contribution < -0.4 is 10.6 Å². The van der Waals surface area contributed by atoms with Gasteiger partial charge in [0.2, 0.25) is 5.91 Å². The van der Waals surface area contributed by atoms with Crippen LogP contribution in [0.2, 0.25) is 0 Å². The van der Waals surface area contributed by atoms with Gasteiger partial charge in [-0.15, -0.1) is 37.2 Å². The molecule has 1 amide bonds. The smallest absolute Gasteiger partial charge is 0.224 e. The van der Waals surface area contributed by atoms with Gasteiger partial charge in [-0.3, -0.25) is 9.69 Å². The lowest BCUT2D eigenvalue weighted by molar-refractivity contribution is -0.125. The maximum absolute atomic E-state index is 12.1. The van der Waals surface area contributed by atoms with Gasteiger partial charge in [-0.1, -0.05) is 30.3 Å². The normalized spacial score (nSPS) is 20.2. The molecule has 28 heavy (non-hydrogen) atoms. The zero-order valence-corrected chi connectivity index (χ0v) is 18.9. The first-order valence-electron chi connectivity index (χ1n) is 9.78. The van der Waals surface area contributed by atoms with Crippen LogP contribution >= 0.6 is 37.2 Å². The summed E-state index contributed by atoms with van der Waals surface area (Å²) in [5, 5.41) is 6.42. The molecule has 0 bridgehead atoms. The Morgan fingerprint density at radius 1 is 1.04 bits per heavy atom. The van der Waals surface area contributed by atoms with Crippen LogP contribution in [0.1, 0.15) is 24.8 Å². The Kier molecular flexibility index (Phi) is 15.0. The summed E-state index contributed by atoms with van der Waals surface area (Å²) in [5.74, 6) is 0.412. The summed E-state index contributed by atoms with van der Waals surface area (Å²) < 4.78 is 0. The van der Waals surface area contributed by atoms with E-state index in [1.54, 1.807) is 0 Å². The van der Waals surface area contributed by atoms with Crippen LogP contribution in [0.5, 0.6) is 0 Å². The van der Waals surface area contributed by atoms with Gasteiger partial charge in [0.25, 0.3) is 0 Å². The highest BCUT2D eigenvalue weighted by molar-refractivity contribution is 5.86. The molecular formula is C20H35Cl3N4O. The van der Waals surface area contributed by atoms with Crippen molar-refractivity contribution in [3.63, 3.8) is 0 Å². The SMILES string of the molecule is Cl.Cl.Cl.O=C(NCCCN1CCN(Cc2ccccc2)CC1)C1CCCNC1. The fraction of sp³-hybridized carbons (Fsp3) is 0.650. The van der Waals surface area contributed by atoms with Gasteiger partial charge in [0, 0.05) is 45.8 Å². The molecule has 0 aliphatic carbocycles. The summed E-state index contributed by atoms with van der Waals surface area (Å²) in [7, 11) is 0. The standard InChI is InChI=1S/C20H32N4O.3ClH/c25-20(19-8-4-9-21-16-19)22-10-5-11-23-12-14-24(15-13-23)17-18-6-2-1-3-7-18;;;/h1-3,6-7,19,21H,4-5,8-17H2,(H,22,25);3*1H. The van der Waals surface area contributed by atoms with E-state index in [2.05, 4.69) is 50.8 Å². The summed E-state index contributed by atoms with van der Waals surface area (Å²) in [4.78, 5) is 17.1. The predicted molar refractivity (Wildman–Crippen MR) is 123 cm³/mol. The fourth-order valence-electron chi connectivity index (χ4n) is 3.75. The molecule has 3 rings (SSSR count). The number of hydrogen-bond acceptors (Lipinski definition) is 4. The second-order valence-electron chi connectivity index (χ2n) is 7.29. The first-order chi connectivity index (χ1) is 12.3. The number of piperazine rings is 1. The maximum Gasteiger partial charge on any atom is 0.224 e. The number of piperidine rings is 1. The van der Waals surface area contributed by atoms with E-state index in [-0.39, 0.29) is 49.0 Å². The van der Waals surface area contributed by atoms with Gasteiger partial charge in [0.1, 0.15) is 0 Å². The highest BCUT2D eigenvalue weighted by atomic mass is 35.5. The Hall–Kier alpha value is -0.560. The van der Waals surface area contributed by atoms with Gasteiger partial charge in [-0.2, -0.15) is 0 Å². The first-order valence-corrected chi connectivity index (χ1v) is 9.78. The number of rotatable bonds is 7. The molecule has 162 valence electrons. The molecule has 2 heterocycles. The molecule has 0 aromatic heterocycles. The predicted octanol–water partition coefficient (Wildman–Crippen LogP) is 2.58. The number of carbonyl (C=O) groups excluding carboxylic acids is 1. The molecule has 0 saturated carbocycles. The molecule has 2 aliphatic heterocycles. The van der Waals surface area contributed by atoms with Crippen molar-refractivity contribution in [3.05, 3.63) is 35.9 Å². The van der Waals surface area contributed by atoms with Crippen LogP contribution in [-0.4, -0.2) is 68.1 Å². The van der Waals surface area contributed by atoms with Gasteiger partial charge in [-0.05, 0) is 37.9 Å². The molecule has 0 radical (unpaired) electrons. The molecule has 0 spiro atoms. The number of nitrogens with one attached hydrogen (secondary N) is 2. The van der Waals surface area contributed by atoms with Crippen LogP contribution in [-0.2, 0) is 11.3 Å². The number of hydrogen-bond donors (Lipinski definition) is 2. The average Bonchev–Trinajstić information content (AvgIpc) is 2.68. The quantitative estimate of drug-likeness (QED) is 0.623. The highest BCUT2D eigenvalue weighted by Crippen LogP contribution is 2.10. The van der Waals surface area contributed by atoms with E-state index in [1.165, 1.54) is 5.56 Å². The van der Waals surface area contributed by atoms with Crippen LogP contribution in [0.25, 0.3) is 0 Å². The third-order valence-electron chi connectivity index (χ3n) is 5.33. The highest BCUT2D eigenvalue weighted by Gasteiger charge is 2.20. The fourth-order valence-corrected chi connectivity index (χ4v) is 3.75. The monoisotopic (exact) mass is 452 g/mol. The lowest BCUT2D eigenvalue weighted by Gasteiger charge is -2.34. The molecule has 8 heteroatoms. The van der Waals surface area contributed by atoms with Gasteiger partial charge in [0.05, 0.1) is 5.92 Å². The van der Waals surface area contributed by atoms with E-state index < -0.39 is 0 Å². The minimum atomic E-state index is 0. The van der Waals surface area contributed by atoms with Gasteiger partial charge < -0.3 is 15.5 Å². The van der Waals surface area contributed by atoms with E-state index in [0.29, 0.717) is 0 Å².